The Kier molecular flexibility index (Phi) is 6.10. The van der Waals surface area contributed by atoms with Gasteiger partial charge in [-0.1, -0.05) is 83.4 Å². The van der Waals surface area contributed by atoms with Crippen LogP contribution in [0.1, 0.15) is 23.1 Å². The minimum Gasteiger partial charge on any atom is -0.274 e. The minimum absolute atomic E-state index is 0.241. The first-order valence-corrected chi connectivity index (χ1v) is 15.7. The predicted octanol–water partition coefficient (Wildman–Crippen LogP) is 6.81. The number of hydrogen-bond donors (Lipinski definition) is 0. The summed E-state index contributed by atoms with van der Waals surface area (Å²) in [6, 6.07) is 20.4. The maximum atomic E-state index is 14.4. The third-order valence-electron chi connectivity index (χ3n) is 10.6. The van der Waals surface area contributed by atoms with Gasteiger partial charge in [0.2, 0.25) is 23.6 Å². The molecule has 0 N–H and O–H groups in total. The normalized spacial score (nSPS) is 30.3. The Morgan fingerprint density at radius 2 is 1.18 bits per heavy atom. The smallest absolute Gasteiger partial charge is 0.238 e. The summed E-state index contributed by atoms with van der Waals surface area (Å²) in [5, 5.41) is 0.965. The number of nitrogens with zero attached hydrogens (tertiary/aromatic N) is 2. The number of amides is 4. The van der Waals surface area contributed by atoms with Crippen LogP contribution in [0.2, 0.25) is 10.0 Å². The SMILES string of the molecule is Cc1c(Cl)cccc1N1C(=O)[C@@H]2[C@H]3C=C[C@@H](C4=C(c5ccccc5)C[C@@H]5C(=O)N(c6cccc(Cl)c6C)C(=O)[C@H]5[C@H]43)[C@H]2C1=O. The molecule has 7 atom stereocenters. The molecule has 2 bridgehead atoms. The summed E-state index contributed by atoms with van der Waals surface area (Å²) >= 11 is 12.9. The second-order valence-electron chi connectivity index (χ2n) is 12.5. The lowest BCUT2D eigenvalue weighted by Crippen LogP contribution is -2.51. The molecule has 0 radical (unpaired) electrons. The monoisotopic (exact) mass is 622 g/mol. The first-order valence-electron chi connectivity index (χ1n) is 14.9. The van der Waals surface area contributed by atoms with E-state index in [-0.39, 0.29) is 29.5 Å². The van der Waals surface area contributed by atoms with Crippen LogP contribution in [-0.4, -0.2) is 23.6 Å². The number of rotatable bonds is 3. The van der Waals surface area contributed by atoms with Crippen LogP contribution >= 0.6 is 23.2 Å². The van der Waals surface area contributed by atoms with E-state index in [0.29, 0.717) is 39.0 Å². The molecule has 44 heavy (non-hydrogen) atoms. The highest BCUT2D eigenvalue weighted by molar-refractivity contribution is 6.33. The highest BCUT2D eigenvalue weighted by Crippen LogP contribution is 2.63. The number of allylic oxidation sites excluding steroid dienone is 4. The number of imide groups is 2. The fourth-order valence-electron chi connectivity index (χ4n) is 8.67. The molecule has 4 aliphatic carbocycles. The third-order valence-corrected chi connectivity index (χ3v) is 11.4. The Morgan fingerprint density at radius 3 is 1.82 bits per heavy atom. The second-order valence-corrected chi connectivity index (χ2v) is 13.3. The molecule has 2 heterocycles. The number of halogens is 2. The Hall–Kier alpha value is -4.00. The van der Waals surface area contributed by atoms with Crippen molar-refractivity contribution in [2.45, 2.75) is 20.3 Å². The second kappa shape index (κ2) is 9.75. The molecule has 9 rings (SSSR count). The van der Waals surface area contributed by atoms with Crippen molar-refractivity contribution < 1.29 is 19.2 Å². The molecule has 220 valence electrons. The van der Waals surface area contributed by atoms with Crippen molar-refractivity contribution in [2.24, 2.45) is 41.4 Å². The van der Waals surface area contributed by atoms with Crippen LogP contribution in [0.15, 0.2) is 84.5 Å². The van der Waals surface area contributed by atoms with Crippen molar-refractivity contribution in [3.8, 4) is 0 Å². The van der Waals surface area contributed by atoms with E-state index in [1.807, 2.05) is 50.3 Å². The molecule has 0 spiro atoms. The van der Waals surface area contributed by atoms with E-state index in [4.69, 9.17) is 23.2 Å². The zero-order valence-corrected chi connectivity index (χ0v) is 25.5. The van der Waals surface area contributed by atoms with Crippen molar-refractivity contribution in [2.75, 3.05) is 9.80 Å². The van der Waals surface area contributed by atoms with Crippen molar-refractivity contribution in [3.05, 3.63) is 111 Å². The predicted molar refractivity (Wildman–Crippen MR) is 169 cm³/mol. The summed E-state index contributed by atoms with van der Waals surface area (Å²) in [5.74, 6) is -4.65. The van der Waals surface area contributed by atoms with Gasteiger partial charge >= 0.3 is 0 Å². The molecule has 8 heteroatoms. The summed E-state index contributed by atoms with van der Waals surface area (Å²) in [7, 11) is 0. The first kappa shape index (κ1) is 27.5. The maximum absolute atomic E-state index is 14.4. The van der Waals surface area contributed by atoms with Gasteiger partial charge in [0.25, 0.3) is 0 Å². The summed E-state index contributed by atoms with van der Waals surface area (Å²) in [4.78, 5) is 59.8. The lowest BCUT2D eigenvalue weighted by molar-refractivity contribution is -0.129. The molecule has 6 nitrogen and oxygen atoms in total. The molecular formula is C36H28Cl2N2O4. The molecule has 2 aliphatic heterocycles. The van der Waals surface area contributed by atoms with Crippen molar-refractivity contribution in [1.82, 2.24) is 0 Å². The number of carbonyl (C=O) groups excluding carboxylic acids is 4. The van der Waals surface area contributed by atoms with Crippen LogP contribution in [0, 0.1) is 55.3 Å². The van der Waals surface area contributed by atoms with Gasteiger partial charge < -0.3 is 0 Å². The average molecular weight is 624 g/mol. The highest BCUT2D eigenvalue weighted by atomic mass is 35.5. The van der Waals surface area contributed by atoms with Crippen molar-refractivity contribution in [3.63, 3.8) is 0 Å². The molecule has 0 aromatic heterocycles. The minimum atomic E-state index is -0.647. The van der Waals surface area contributed by atoms with Gasteiger partial charge in [0.1, 0.15) is 0 Å². The molecule has 2 saturated heterocycles. The van der Waals surface area contributed by atoms with Gasteiger partial charge in [-0.3, -0.25) is 19.2 Å². The fraction of sp³-hybridized carbons (Fsp3) is 0.278. The standard InChI is InChI=1S/C36H28Cl2N2O4/c1-17-24(37)10-6-12-26(17)39-33(41)23-16-22(19-8-4-3-5-9-19)28-20-14-15-21(29(28)32(23)36(39)44)31-30(20)34(42)40(35(31)43)27-13-7-11-25(38)18(27)2/h3-15,20-21,23,29-32H,16H2,1-2H3/t20-,21-,23-,29-,30+,31+,32+/m0/s1. The number of hydrogen-bond acceptors (Lipinski definition) is 4. The molecular weight excluding hydrogens is 595 g/mol. The van der Waals surface area contributed by atoms with E-state index in [2.05, 4.69) is 6.08 Å². The quantitative estimate of drug-likeness (QED) is 0.237. The van der Waals surface area contributed by atoms with E-state index >= 15 is 0 Å². The lowest BCUT2D eigenvalue weighted by atomic mass is 9.49. The van der Waals surface area contributed by atoms with Gasteiger partial charge in [-0.15, -0.1) is 0 Å². The van der Waals surface area contributed by atoms with Gasteiger partial charge in [0.15, 0.2) is 0 Å². The summed E-state index contributed by atoms with van der Waals surface area (Å²) in [5.41, 5.74) is 5.31. The lowest BCUT2D eigenvalue weighted by Gasteiger charge is -2.51. The Balaban J connectivity index is 1.30. The van der Waals surface area contributed by atoms with Crippen LogP contribution in [0.25, 0.3) is 5.57 Å². The molecule has 0 unspecified atom stereocenters. The molecule has 3 aromatic carbocycles. The topological polar surface area (TPSA) is 74.8 Å². The van der Waals surface area contributed by atoms with E-state index < -0.39 is 35.5 Å². The van der Waals surface area contributed by atoms with E-state index in [0.717, 1.165) is 16.7 Å². The molecule has 3 aromatic rings. The van der Waals surface area contributed by atoms with Gasteiger partial charge in [-0.2, -0.15) is 0 Å². The first-order chi connectivity index (χ1) is 21.2. The van der Waals surface area contributed by atoms with E-state index in [1.54, 1.807) is 36.4 Å². The molecule has 6 aliphatic rings. The number of carbonyl (C=O) groups is 4. The van der Waals surface area contributed by atoms with Crippen LogP contribution < -0.4 is 9.80 Å². The van der Waals surface area contributed by atoms with Gasteiger partial charge in [0, 0.05) is 21.9 Å². The summed E-state index contributed by atoms with van der Waals surface area (Å²) in [6.45, 7) is 3.62. The molecule has 1 saturated carbocycles. The zero-order chi connectivity index (χ0) is 30.6. The largest absolute Gasteiger partial charge is 0.274 e. The average Bonchev–Trinajstić information content (AvgIpc) is 3.45. The molecule has 4 amide bonds. The van der Waals surface area contributed by atoms with Gasteiger partial charge in [0.05, 0.1) is 35.0 Å². The van der Waals surface area contributed by atoms with Crippen LogP contribution in [0.4, 0.5) is 11.4 Å². The van der Waals surface area contributed by atoms with Gasteiger partial charge in [-0.05, 0) is 72.7 Å². The third kappa shape index (κ3) is 3.55. The van der Waals surface area contributed by atoms with Gasteiger partial charge in [-0.25, -0.2) is 9.80 Å². The van der Waals surface area contributed by atoms with Crippen LogP contribution in [0.5, 0.6) is 0 Å². The number of benzene rings is 3. The maximum Gasteiger partial charge on any atom is 0.238 e. The molecule has 3 fully saturated rings. The van der Waals surface area contributed by atoms with Crippen molar-refractivity contribution >= 4 is 63.8 Å². The number of anilines is 2. The summed E-state index contributed by atoms with van der Waals surface area (Å²) in [6.07, 6.45) is 4.46. The Morgan fingerprint density at radius 1 is 0.614 bits per heavy atom. The van der Waals surface area contributed by atoms with Crippen molar-refractivity contribution in [1.29, 1.82) is 0 Å². The Labute approximate surface area is 264 Å². The fourth-order valence-corrected chi connectivity index (χ4v) is 9.01. The van der Waals surface area contributed by atoms with Crippen LogP contribution in [-0.2, 0) is 19.2 Å². The zero-order valence-electron chi connectivity index (χ0n) is 24.0. The van der Waals surface area contributed by atoms with E-state index in [9.17, 15) is 19.2 Å². The van der Waals surface area contributed by atoms with E-state index in [1.165, 1.54) is 9.80 Å². The highest BCUT2D eigenvalue weighted by Gasteiger charge is 2.67. The number of fused-ring (bicyclic) bond motifs is 1. The Bertz CT molecular complexity index is 1880. The summed E-state index contributed by atoms with van der Waals surface area (Å²) < 4.78 is 0. The van der Waals surface area contributed by atoms with Crippen LogP contribution in [0.3, 0.4) is 0 Å².